The predicted molar refractivity (Wildman–Crippen MR) is 58.1 cm³/mol. The first-order chi connectivity index (χ1) is 6.29. The first-order valence-corrected chi connectivity index (χ1v) is 5.45. The number of hydrogen-bond acceptors (Lipinski definition) is 0. The Morgan fingerprint density at radius 3 is 2.69 bits per heavy atom. The first kappa shape index (κ1) is 10.4. The average molecular weight is 179 g/mol. The number of hydrogen-bond donors (Lipinski definition) is 1. The van der Waals surface area contributed by atoms with Crippen molar-refractivity contribution in [3.05, 3.63) is 23.5 Å². The van der Waals surface area contributed by atoms with Crippen molar-refractivity contribution in [3.8, 4) is 0 Å². The second-order valence-corrected chi connectivity index (χ2v) is 3.85. The zero-order valence-electron chi connectivity index (χ0n) is 9.06. The van der Waals surface area contributed by atoms with E-state index in [4.69, 9.17) is 0 Å². The normalized spacial score (nSPS) is 13.2. The van der Waals surface area contributed by atoms with Crippen LogP contribution in [-0.4, -0.2) is 4.98 Å². The van der Waals surface area contributed by atoms with Gasteiger partial charge in [-0.15, -0.1) is 0 Å². The highest BCUT2D eigenvalue weighted by Crippen LogP contribution is 2.23. The minimum absolute atomic E-state index is 0.707. The molecule has 1 heterocycles. The summed E-state index contributed by atoms with van der Waals surface area (Å²) in [5, 5.41) is 0. The highest BCUT2D eigenvalue weighted by atomic mass is 14.6. The van der Waals surface area contributed by atoms with Crippen LogP contribution in [0.3, 0.4) is 0 Å². The summed E-state index contributed by atoms with van der Waals surface area (Å²) >= 11 is 0. The van der Waals surface area contributed by atoms with E-state index in [1.165, 1.54) is 36.8 Å². The molecule has 13 heavy (non-hydrogen) atoms. The van der Waals surface area contributed by atoms with Gasteiger partial charge >= 0.3 is 0 Å². The molecule has 0 saturated carbocycles. The number of rotatable bonds is 5. The van der Waals surface area contributed by atoms with Gasteiger partial charge in [0, 0.05) is 12.4 Å². The maximum atomic E-state index is 3.22. The minimum atomic E-state index is 0.707. The fourth-order valence-electron chi connectivity index (χ4n) is 1.67. The first-order valence-electron chi connectivity index (χ1n) is 5.45. The lowest BCUT2D eigenvalue weighted by atomic mass is 9.95. The van der Waals surface area contributed by atoms with Crippen molar-refractivity contribution in [1.29, 1.82) is 0 Å². The molecule has 0 aliphatic carbocycles. The fraction of sp³-hybridized carbons (Fsp3) is 0.667. The molecule has 1 rings (SSSR count). The molecule has 1 N–H and O–H groups in total. The van der Waals surface area contributed by atoms with Crippen LogP contribution < -0.4 is 0 Å². The molecule has 0 bridgehead atoms. The lowest BCUT2D eigenvalue weighted by molar-refractivity contribution is 0.712. The van der Waals surface area contributed by atoms with E-state index in [2.05, 4.69) is 38.1 Å². The highest BCUT2D eigenvalue weighted by Gasteiger charge is 2.08. The van der Waals surface area contributed by atoms with Crippen molar-refractivity contribution in [2.45, 2.75) is 52.4 Å². The van der Waals surface area contributed by atoms with E-state index in [0.717, 1.165) is 0 Å². The maximum Gasteiger partial charge on any atom is 0.00429 e. The third-order valence-corrected chi connectivity index (χ3v) is 2.81. The van der Waals surface area contributed by atoms with Crippen LogP contribution in [0.15, 0.2) is 12.4 Å². The molecule has 1 heteroatoms. The van der Waals surface area contributed by atoms with E-state index in [0.29, 0.717) is 5.92 Å². The van der Waals surface area contributed by atoms with Crippen LogP contribution in [-0.2, 0) is 6.42 Å². The lowest BCUT2D eigenvalue weighted by Crippen LogP contribution is -1.94. The number of unbranched alkanes of at least 4 members (excludes halogenated alkanes) is 1. The molecule has 1 unspecified atom stereocenters. The summed E-state index contributed by atoms with van der Waals surface area (Å²) in [6, 6.07) is 0. The van der Waals surface area contributed by atoms with Gasteiger partial charge in [0.1, 0.15) is 0 Å². The maximum absolute atomic E-state index is 3.22. The Balaban J connectivity index is 2.65. The monoisotopic (exact) mass is 179 g/mol. The third-order valence-electron chi connectivity index (χ3n) is 2.81. The molecule has 0 spiro atoms. The summed E-state index contributed by atoms with van der Waals surface area (Å²) in [7, 11) is 0. The van der Waals surface area contributed by atoms with Gasteiger partial charge in [-0.1, -0.05) is 27.2 Å². The Labute approximate surface area is 81.6 Å². The molecule has 1 aromatic heterocycles. The Hall–Kier alpha value is -0.720. The summed E-state index contributed by atoms with van der Waals surface area (Å²) in [6.45, 7) is 6.80. The van der Waals surface area contributed by atoms with Gasteiger partial charge in [0.25, 0.3) is 0 Å². The van der Waals surface area contributed by atoms with Gasteiger partial charge in [0.2, 0.25) is 0 Å². The zero-order valence-corrected chi connectivity index (χ0v) is 9.06. The van der Waals surface area contributed by atoms with Gasteiger partial charge in [-0.25, -0.2) is 0 Å². The number of aryl methyl sites for hydroxylation is 1. The number of nitrogens with one attached hydrogen (secondary N) is 1. The van der Waals surface area contributed by atoms with E-state index in [9.17, 15) is 0 Å². The molecule has 1 atom stereocenters. The van der Waals surface area contributed by atoms with Crippen LogP contribution in [0.25, 0.3) is 0 Å². The summed E-state index contributed by atoms with van der Waals surface area (Å²) in [5.74, 6) is 0.707. The quantitative estimate of drug-likeness (QED) is 0.706. The van der Waals surface area contributed by atoms with Crippen LogP contribution in [0.5, 0.6) is 0 Å². The van der Waals surface area contributed by atoms with Crippen molar-refractivity contribution in [2.75, 3.05) is 0 Å². The topological polar surface area (TPSA) is 15.8 Å². The SMILES string of the molecule is CCCCc1c[nH]cc1C(C)CC. The van der Waals surface area contributed by atoms with Gasteiger partial charge in [-0.05, 0) is 36.3 Å². The molecule has 0 aliphatic heterocycles. The second-order valence-electron chi connectivity index (χ2n) is 3.85. The molecule has 0 saturated heterocycles. The molecule has 1 aromatic rings. The Kier molecular flexibility index (Phi) is 4.07. The Morgan fingerprint density at radius 1 is 1.31 bits per heavy atom. The number of aromatic amines is 1. The molecule has 0 aliphatic rings. The van der Waals surface area contributed by atoms with Crippen LogP contribution in [0.2, 0.25) is 0 Å². The fourth-order valence-corrected chi connectivity index (χ4v) is 1.67. The van der Waals surface area contributed by atoms with E-state index < -0.39 is 0 Å². The van der Waals surface area contributed by atoms with Gasteiger partial charge in [0.15, 0.2) is 0 Å². The van der Waals surface area contributed by atoms with Crippen molar-refractivity contribution >= 4 is 0 Å². The molecular weight excluding hydrogens is 158 g/mol. The average Bonchev–Trinajstić information content (AvgIpc) is 2.61. The molecule has 74 valence electrons. The summed E-state index contributed by atoms with van der Waals surface area (Å²) in [6.07, 6.45) is 9.39. The van der Waals surface area contributed by atoms with Gasteiger partial charge in [0.05, 0.1) is 0 Å². The van der Waals surface area contributed by atoms with Crippen LogP contribution >= 0.6 is 0 Å². The summed E-state index contributed by atoms with van der Waals surface area (Å²) in [5.41, 5.74) is 3.05. The van der Waals surface area contributed by atoms with E-state index in [-0.39, 0.29) is 0 Å². The Morgan fingerprint density at radius 2 is 2.08 bits per heavy atom. The van der Waals surface area contributed by atoms with E-state index in [1.807, 2.05) is 0 Å². The zero-order chi connectivity index (χ0) is 9.68. The van der Waals surface area contributed by atoms with Crippen LogP contribution in [0.4, 0.5) is 0 Å². The molecule has 0 amide bonds. The Bertz CT molecular complexity index is 237. The van der Waals surface area contributed by atoms with Gasteiger partial charge in [-0.2, -0.15) is 0 Å². The largest absolute Gasteiger partial charge is 0.367 e. The molecular formula is C12H21N. The van der Waals surface area contributed by atoms with Crippen molar-refractivity contribution in [3.63, 3.8) is 0 Å². The third kappa shape index (κ3) is 2.61. The van der Waals surface area contributed by atoms with Crippen molar-refractivity contribution in [1.82, 2.24) is 4.98 Å². The van der Waals surface area contributed by atoms with Gasteiger partial charge in [-0.3, -0.25) is 0 Å². The summed E-state index contributed by atoms with van der Waals surface area (Å²) in [4.78, 5) is 3.22. The summed E-state index contributed by atoms with van der Waals surface area (Å²) < 4.78 is 0. The standard InChI is InChI=1S/C12H21N/c1-4-6-7-11-8-13-9-12(11)10(3)5-2/h8-10,13H,4-7H2,1-3H3. The van der Waals surface area contributed by atoms with Gasteiger partial charge < -0.3 is 4.98 Å². The highest BCUT2D eigenvalue weighted by molar-refractivity contribution is 5.26. The van der Waals surface area contributed by atoms with E-state index in [1.54, 1.807) is 0 Å². The molecule has 1 nitrogen and oxygen atoms in total. The smallest absolute Gasteiger partial charge is 0.00429 e. The molecule has 0 fully saturated rings. The minimum Gasteiger partial charge on any atom is -0.367 e. The lowest BCUT2D eigenvalue weighted by Gasteiger charge is -2.09. The van der Waals surface area contributed by atoms with Crippen LogP contribution in [0, 0.1) is 0 Å². The van der Waals surface area contributed by atoms with E-state index >= 15 is 0 Å². The number of aromatic nitrogens is 1. The molecule has 0 radical (unpaired) electrons. The van der Waals surface area contributed by atoms with Crippen molar-refractivity contribution < 1.29 is 0 Å². The number of H-pyrrole nitrogens is 1. The molecule has 0 aromatic carbocycles. The van der Waals surface area contributed by atoms with Crippen molar-refractivity contribution in [2.24, 2.45) is 0 Å². The van der Waals surface area contributed by atoms with Crippen LogP contribution in [0.1, 0.15) is 57.1 Å². The predicted octanol–water partition coefficient (Wildman–Crippen LogP) is 3.87. The second kappa shape index (κ2) is 5.11.